The fourth-order valence-corrected chi connectivity index (χ4v) is 3.08. The molecule has 19 heavy (non-hydrogen) atoms. The van der Waals surface area contributed by atoms with Gasteiger partial charge in [0.2, 0.25) is 0 Å². The van der Waals surface area contributed by atoms with Crippen LogP contribution < -0.4 is 5.73 Å². The molecule has 102 valence electrons. The monoisotopic (exact) mass is 316 g/mol. The van der Waals surface area contributed by atoms with E-state index >= 15 is 0 Å². The molecular weight excluding hydrogens is 303 g/mol. The van der Waals surface area contributed by atoms with Gasteiger partial charge in [0.05, 0.1) is 11.0 Å². The van der Waals surface area contributed by atoms with E-state index in [9.17, 15) is 4.79 Å². The normalized spacial score (nSPS) is 19.3. The second-order valence-corrected chi connectivity index (χ2v) is 5.91. The number of piperidine rings is 1. The van der Waals surface area contributed by atoms with Crippen LogP contribution in [0, 0.1) is 0 Å². The van der Waals surface area contributed by atoms with Crippen molar-refractivity contribution in [3.8, 4) is 0 Å². The van der Waals surface area contributed by atoms with Crippen LogP contribution in [0.15, 0.2) is 18.2 Å². The Hall–Kier alpha value is -0.840. The Morgan fingerprint density at radius 1 is 1.26 bits per heavy atom. The lowest BCUT2D eigenvalue weighted by Crippen LogP contribution is -2.49. The quantitative estimate of drug-likeness (QED) is 0.852. The van der Waals surface area contributed by atoms with Crippen molar-refractivity contribution in [1.29, 1.82) is 0 Å². The smallest absolute Gasteiger partial charge is 0.254 e. The molecule has 1 fully saturated rings. The van der Waals surface area contributed by atoms with E-state index in [1.165, 1.54) is 0 Å². The average molecular weight is 317 g/mol. The molecule has 0 spiro atoms. The highest BCUT2D eigenvalue weighted by Gasteiger charge is 2.29. The van der Waals surface area contributed by atoms with Crippen LogP contribution in [0.3, 0.4) is 0 Å². The van der Waals surface area contributed by atoms with E-state index in [1.807, 2.05) is 0 Å². The number of halogens is 2. The van der Waals surface area contributed by atoms with Crippen molar-refractivity contribution in [2.24, 2.45) is 5.73 Å². The van der Waals surface area contributed by atoms with Crippen molar-refractivity contribution in [2.45, 2.75) is 25.3 Å². The fourth-order valence-electron chi connectivity index (χ4n) is 2.31. The van der Waals surface area contributed by atoms with Crippen molar-refractivity contribution < 1.29 is 4.79 Å². The van der Waals surface area contributed by atoms with E-state index in [-0.39, 0.29) is 11.9 Å². The van der Waals surface area contributed by atoms with Crippen LogP contribution in [0.4, 0.5) is 0 Å². The number of carbonyl (C=O) groups excluding carboxylic acids is 1. The van der Waals surface area contributed by atoms with Crippen LogP contribution in [0.2, 0.25) is 10.0 Å². The van der Waals surface area contributed by atoms with Crippen molar-refractivity contribution in [1.82, 2.24) is 4.90 Å². The lowest BCUT2D eigenvalue weighted by Gasteiger charge is -2.35. The lowest BCUT2D eigenvalue weighted by molar-refractivity contribution is 0.0681. The Balaban J connectivity index is 2.28. The van der Waals surface area contributed by atoms with Gasteiger partial charge in [0.15, 0.2) is 0 Å². The maximum absolute atomic E-state index is 12.5. The maximum Gasteiger partial charge on any atom is 0.254 e. The van der Waals surface area contributed by atoms with Crippen molar-refractivity contribution >= 4 is 46.3 Å². The summed E-state index contributed by atoms with van der Waals surface area (Å²) in [5.74, 6) is -0.123. The van der Waals surface area contributed by atoms with Crippen LogP contribution in [0.25, 0.3) is 0 Å². The average Bonchev–Trinajstić information content (AvgIpc) is 2.36. The first-order valence-corrected chi connectivity index (χ1v) is 7.22. The number of benzene rings is 1. The second-order valence-electron chi connectivity index (χ2n) is 4.57. The Morgan fingerprint density at radius 2 is 1.89 bits per heavy atom. The van der Waals surface area contributed by atoms with E-state index in [0.29, 0.717) is 27.1 Å². The first-order valence-electron chi connectivity index (χ1n) is 6.05. The number of nitrogens with two attached hydrogens (primary N) is 1. The predicted molar refractivity (Wildman–Crippen MR) is 81.9 cm³/mol. The lowest BCUT2D eigenvalue weighted by atomic mass is 10.0. The molecule has 3 nitrogen and oxygen atoms in total. The Morgan fingerprint density at radius 3 is 2.47 bits per heavy atom. The number of likely N-dealkylation sites (tertiary alicyclic amines) is 1. The predicted octanol–water partition coefficient (Wildman–Crippen LogP) is 3.27. The Labute approximate surface area is 127 Å². The number of nitrogens with zero attached hydrogens (tertiary/aromatic N) is 1. The molecule has 1 amide bonds. The molecule has 2 N–H and O–H groups in total. The van der Waals surface area contributed by atoms with E-state index < -0.39 is 0 Å². The summed E-state index contributed by atoms with van der Waals surface area (Å²) in [5.41, 5.74) is 6.19. The third kappa shape index (κ3) is 3.38. The third-order valence-corrected chi connectivity index (χ3v) is 3.91. The molecule has 0 radical (unpaired) electrons. The summed E-state index contributed by atoms with van der Waals surface area (Å²) in [7, 11) is 0. The van der Waals surface area contributed by atoms with Gasteiger partial charge in [-0.05, 0) is 37.5 Å². The first kappa shape index (κ1) is 14.6. The van der Waals surface area contributed by atoms with E-state index in [0.717, 1.165) is 19.3 Å². The van der Waals surface area contributed by atoms with Crippen molar-refractivity contribution in [3.05, 3.63) is 33.8 Å². The minimum absolute atomic E-state index is 0.123. The van der Waals surface area contributed by atoms with Gasteiger partial charge in [0, 0.05) is 22.2 Å². The molecule has 1 atom stereocenters. The topological polar surface area (TPSA) is 46.3 Å². The standard InChI is InChI=1S/C13H14Cl2N2OS/c14-9-5-8(6-10(15)7-9)13(18)17-4-2-1-3-11(17)12(16)19/h5-7,11H,1-4H2,(H2,16,19). The molecule has 0 aromatic heterocycles. The van der Waals surface area contributed by atoms with Gasteiger partial charge in [0.1, 0.15) is 0 Å². The molecule has 1 unspecified atom stereocenters. The number of thiocarbonyl (C=S) groups is 1. The van der Waals surface area contributed by atoms with Crippen LogP contribution in [0.1, 0.15) is 29.6 Å². The molecule has 1 saturated heterocycles. The molecule has 1 aromatic rings. The van der Waals surface area contributed by atoms with Gasteiger partial charge in [-0.2, -0.15) is 0 Å². The number of hydrogen-bond donors (Lipinski definition) is 1. The molecule has 1 aliphatic rings. The minimum Gasteiger partial charge on any atom is -0.392 e. The summed E-state index contributed by atoms with van der Waals surface area (Å²) in [6.07, 6.45) is 2.80. The van der Waals surface area contributed by atoms with E-state index in [1.54, 1.807) is 23.1 Å². The minimum atomic E-state index is -0.172. The van der Waals surface area contributed by atoms with Crippen molar-refractivity contribution in [3.63, 3.8) is 0 Å². The summed E-state index contributed by atoms with van der Waals surface area (Å²) in [6.45, 7) is 0.658. The highest BCUT2D eigenvalue weighted by Crippen LogP contribution is 2.24. The molecule has 6 heteroatoms. The molecule has 2 rings (SSSR count). The number of amides is 1. The summed E-state index contributed by atoms with van der Waals surface area (Å²) in [5, 5.41) is 0.888. The summed E-state index contributed by atoms with van der Waals surface area (Å²) in [6, 6.07) is 4.65. The van der Waals surface area contributed by atoms with Crippen LogP contribution in [0.5, 0.6) is 0 Å². The summed E-state index contributed by atoms with van der Waals surface area (Å²) < 4.78 is 0. The van der Waals surface area contributed by atoms with Gasteiger partial charge in [-0.3, -0.25) is 4.79 Å². The molecule has 1 aromatic carbocycles. The van der Waals surface area contributed by atoms with Gasteiger partial charge in [-0.1, -0.05) is 35.4 Å². The molecule has 1 heterocycles. The van der Waals surface area contributed by atoms with Crippen LogP contribution in [-0.2, 0) is 0 Å². The number of rotatable bonds is 2. The van der Waals surface area contributed by atoms with Gasteiger partial charge in [0.25, 0.3) is 5.91 Å². The van der Waals surface area contributed by atoms with Gasteiger partial charge < -0.3 is 10.6 Å². The highest BCUT2D eigenvalue weighted by atomic mass is 35.5. The first-order chi connectivity index (χ1) is 8.99. The molecule has 1 aliphatic heterocycles. The largest absolute Gasteiger partial charge is 0.392 e. The maximum atomic E-state index is 12.5. The zero-order chi connectivity index (χ0) is 14.0. The molecule has 0 aliphatic carbocycles. The Kier molecular flexibility index (Phi) is 4.66. The van der Waals surface area contributed by atoms with Crippen molar-refractivity contribution in [2.75, 3.05) is 6.54 Å². The second kappa shape index (κ2) is 6.07. The zero-order valence-electron chi connectivity index (χ0n) is 10.2. The molecular formula is C13H14Cl2N2OS. The van der Waals surface area contributed by atoms with Crippen LogP contribution in [-0.4, -0.2) is 28.4 Å². The van der Waals surface area contributed by atoms with E-state index in [2.05, 4.69) is 0 Å². The third-order valence-electron chi connectivity index (χ3n) is 3.20. The van der Waals surface area contributed by atoms with Gasteiger partial charge in [-0.25, -0.2) is 0 Å². The van der Waals surface area contributed by atoms with Crippen LogP contribution >= 0.6 is 35.4 Å². The Bertz CT molecular complexity index is 501. The molecule has 0 saturated carbocycles. The van der Waals surface area contributed by atoms with E-state index in [4.69, 9.17) is 41.2 Å². The highest BCUT2D eigenvalue weighted by molar-refractivity contribution is 7.80. The van der Waals surface area contributed by atoms with Gasteiger partial charge in [-0.15, -0.1) is 0 Å². The fraction of sp³-hybridized carbons (Fsp3) is 0.385. The summed E-state index contributed by atoms with van der Waals surface area (Å²) >= 11 is 16.9. The number of carbonyl (C=O) groups is 1. The SMILES string of the molecule is NC(=S)C1CCCCN1C(=O)c1cc(Cl)cc(Cl)c1. The van der Waals surface area contributed by atoms with Gasteiger partial charge >= 0.3 is 0 Å². The summed E-state index contributed by atoms with van der Waals surface area (Å²) in [4.78, 5) is 14.6. The number of hydrogen-bond acceptors (Lipinski definition) is 2. The molecule has 0 bridgehead atoms. The zero-order valence-corrected chi connectivity index (χ0v) is 12.6.